The molecule has 0 saturated heterocycles. The molecular weight excluding hydrogens is 196 g/mol. The first-order valence-corrected chi connectivity index (χ1v) is 4.98. The summed E-state index contributed by atoms with van der Waals surface area (Å²) >= 11 is 5.97. The molecule has 1 nitrogen and oxygen atoms in total. The summed E-state index contributed by atoms with van der Waals surface area (Å²) in [5.41, 5.74) is 0.833. The molecule has 0 radical (unpaired) electrons. The minimum atomic E-state index is 0.675. The maximum atomic E-state index is 5.97. The van der Waals surface area contributed by atoms with Gasteiger partial charge in [-0.15, -0.1) is 0 Å². The second-order valence-electron chi connectivity index (χ2n) is 2.90. The van der Waals surface area contributed by atoms with Gasteiger partial charge in [-0.3, -0.25) is 0 Å². The lowest BCUT2D eigenvalue weighted by atomic mass is 10.2. The topological polar surface area (TPSA) is 9.23 Å². The molecule has 0 aliphatic carbocycles. The molecular formula is C12H13ClO. The van der Waals surface area contributed by atoms with Gasteiger partial charge in [-0.1, -0.05) is 30.4 Å². The largest absolute Gasteiger partial charge is 0.497 e. The summed E-state index contributed by atoms with van der Waals surface area (Å²) in [6.07, 6.45) is 1.96. The van der Waals surface area contributed by atoms with Crippen LogP contribution in [-0.2, 0) is 0 Å². The van der Waals surface area contributed by atoms with E-state index in [1.807, 2.05) is 12.1 Å². The van der Waals surface area contributed by atoms with Gasteiger partial charge < -0.3 is 4.74 Å². The van der Waals surface area contributed by atoms with Crippen molar-refractivity contribution in [3.8, 4) is 17.6 Å². The van der Waals surface area contributed by atoms with Crippen molar-refractivity contribution in [3.05, 3.63) is 28.8 Å². The standard InChI is InChI=1S/C12H13ClO/c1-3-4-5-6-10-9-11(14-2)7-8-12(10)13/h7-9H,3-4H2,1-2H3. The number of hydrogen-bond donors (Lipinski definition) is 0. The van der Waals surface area contributed by atoms with Crippen molar-refractivity contribution >= 4 is 11.6 Å². The van der Waals surface area contributed by atoms with Crippen LogP contribution in [0.15, 0.2) is 18.2 Å². The molecule has 1 aromatic rings. The molecule has 0 fully saturated rings. The van der Waals surface area contributed by atoms with Crippen LogP contribution in [0.5, 0.6) is 5.75 Å². The van der Waals surface area contributed by atoms with Crippen LogP contribution >= 0.6 is 11.6 Å². The van der Waals surface area contributed by atoms with Gasteiger partial charge in [0.1, 0.15) is 5.75 Å². The zero-order chi connectivity index (χ0) is 10.4. The highest BCUT2D eigenvalue weighted by atomic mass is 35.5. The molecule has 0 amide bonds. The van der Waals surface area contributed by atoms with E-state index in [4.69, 9.17) is 16.3 Å². The number of hydrogen-bond acceptors (Lipinski definition) is 1. The summed E-state index contributed by atoms with van der Waals surface area (Å²) in [6, 6.07) is 5.48. The number of methoxy groups -OCH3 is 1. The number of benzene rings is 1. The fraction of sp³-hybridized carbons (Fsp3) is 0.333. The van der Waals surface area contributed by atoms with Crippen molar-refractivity contribution in [2.75, 3.05) is 7.11 Å². The predicted octanol–water partition coefficient (Wildman–Crippen LogP) is 3.50. The molecule has 0 N–H and O–H groups in total. The Bertz CT molecular complexity index is 360. The van der Waals surface area contributed by atoms with E-state index in [0.717, 1.165) is 24.2 Å². The average Bonchev–Trinajstić information content (AvgIpc) is 2.21. The molecule has 0 unspecified atom stereocenters. The fourth-order valence-corrected chi connectivity index (χ4v) is 1.17. The minimum Gasteiger partial charge on any atom is -0.497 e. The molecule has 1 rings (SSSR count). The fourth-order valence-electron chi connectivity index (χ4n) is 1.01. The molecule has 2 heteroatoms. The summed E-state index contributed by atoms with van der Waals surface area (Å²) < 4.78 is 5.09. The summed E-state index contributed by atoms with van der Waals surface area (Å²) in [6.45, 7) is 2.10. The summed E-state index contributed by atoms with van der Waals surface area (Å²) in [5, 5.41) is 0.675. The molecule has 0 atom stereocenters. The van der Waals surface area contributed by atoms with Crippen LogP contribution in [0, 0.1) is 11.8 Å². The Hall–Kier alpha value is -1.13. The molecule has 0 spiro atoms. The molecule has 0 aliphatic rings. The predicted molar refractivity (Wildman–Crippen MR) is 59.8 cm³/mol. The number of halogens is 1. The molecule has 0 bridgehead atoms. The second-order valence-corrected chi connectivity index (χ2v) is 3.30. The molecule has 0 aromatic heterocycles. The van der Waals surface area contributed by atoms with Gasteiger partial charge in [-0.05, 0) is 24.6 Å². The lowest BCUT2D eigenvalue weighted by Gasteiger charge is -2.00. The van der Waals surface area contributed by atoms with Crippen molar-refractivity contribution in [1.29, 1.82) is 0 Å². The zero-order valence-corrected chi connectivity index (χ0v) is 9.19. The van der Waals surface area contributed by atoms with Gasteiger partial charge in [0.15, 0.2) is 0 Å². The molecule has 74 valence electrons. The van der Waals surface area contributed by atoms with Crippen LogP contribution in [0.2, 0.25) is 5.02 Å². The Labute approximate surface area is 90.0 Å². The Morgan fingerprint density at radius 1 is 1.43 bits per heavy atom. The first kappa shape index (κ1) is 10.9. The third-order valence-electron chi connectivity index (χ3n) is 1.77. The van der Waals surface area contributed by atoms with E-state index in [2.05, 4.69) is 18.8 Å². The molecule has 0 saturated carbocycles. The Balaban J connectivity index is 2.91. The zero-order valence-electron chi connectivity index (χ0n) is 8.43. The van der Waals surface area contributed by atoms with Gasteiger partial charge in [0.2, 0.25) is 0 Å². The van der Waals surface area contributed by atoms with Gasteiger partial charge in [-0.25, -0.2) is 0 Å². The van der Waals surface area contributed by atoms with Gasteiger partial charge >= 0.3 is 0 Å². The number of rotatable bonds is 2. The smallest absolute Gasteiger partial charge is 0.120 e. The van der Waals surface area contributed by atoms with Gasteiger partial charge in [0, 0.05) is 12.0 Å². The number of unbranched alkanes of at least 4 members (excludes halogenated alkanes) is 1. The van der Waals surface area contributed by atoms with Crippen molar-refractivity contribution < 1.29 is 4.74 Å². The van der Waals surface area contributed by atoms with Crippen molar-refractivity contribution in [2.45, 2.75) is 19.8 Å². The van der Waals surface area contributed by atoms with E-state index in [0.29, 0.717) is 5.02 Å². The summed E-state index contributed by atoms with van der Waals surface area (Å²) in [7, 11) is 1.63. The molecule has 14 heavy (non-hydrogen) atoms. The summed E-state index contributed by atoms with van der Waals surface area (Å²) in [4.78, 5) is 0. The SMILES string of the molecule is CCCC#Cc1cc(OC)ccc1Cl. The van der Waals surface area contributed by atoms with E-state index in [9.17, 15) is 0 Å². The van der Waals surface area contributed by atoms with Crippen LogP contribution in [0.4, 0.5) is 0 Å². The van der Waals surface area contributed by atoms with Crippen LogP contribution in [0.25, 0.3) is 0 Å². The second kappa shape index (κ2) is 5.57. The highest BCUT2D eigenvalue weighted by Crippen LogP contribution is 2.20. The first-order valence-electron chi connectivity index (χ1n) is 4.60. The summed E-state index contributed by atoms with van der Waals surface area (Å²) in [5.74, 6) is 6.87. The van der Waals surface area contributed by atoms with Gasteiger partial charge in [0.05, 0.1) is 12.1 Å². The van der Waals surface area contributed by atoms with Crippen molar-refractivity contribution in [2.24, 2.45) is 0 Å². The quantitative estimate of drug-likeness (QED) is 0.676. The van der Waals surface area contributed by atoms with Gasteiger partial charge in [-0.2, -0.15) is 0 Å². The minimum absolute atomic E-state index is 0.675. The average molecular weight is 209 g/mol. The van der Waals surface area contributed by atoms with E-state index >= 15 is 0 Å². The van der Waals surface area contributed by atoms with Crippen LogP contribution in [-0.4, -0.2) is 7.11 Å². The maximum Gasteiger partial charge on any atom is 0.120 e. The first-order chi connectivity index (χ1) is 6.77. The van der Waals surface area contributed by atoms with E-state index in [1.165, 1.54) is 0 Å². The third-order valence-corrected chi connectivity index (χ3v) is 2.10. The maximum absolute atomic E-state index is 5.97. The van der Waals surface area contributed by atoms with E-state index in [-0.39, 0.29) is 0 Å². The van der Waals surface area contributed by atoms with Gasteiger partial charge in [0.25, 0.3) is 0 Å². The molecule has 0 aliphatic heterocycles. The lowest BCUT2D eigenvalue weighted by Crippen LogP contribution is -1.84. The third kappa shape index (κ3) is 2.97. The van der Waals surface area contributed by atoms with Crippen molar-refractivity contribution in [3.63, 3.8) is 0 Å². The van der Waals surface area contributed by atoms with Crippen molar-refractivity contribution in [1.82, 2.24) is 0 Å². The highest BCUT2D eigenvalue weighted by molar-refractivity contribution is 6.31. The molecule has 1 aromatic carbocycles. The highest BCUT2D eigenvalue weighted by Gasteiger charge is 1.98. The Morgan fingerprint density at radius 2 is 2.21 bits per heavy atom. The Morgan fingerprint density at radius 3 is 2.86 bits per heavy atom. The monoisotopic (exact) mass is 208 g/mol. The van der Waals surface area contributed by atoms with Crippen LogP contribution in [0.1, 0.15) is 25.3 Å². The molecule has 0 heterocycles. The van der Waals surface area contributed by atoms with E-state index in [1.54, 1.807) is 13.2 Å². The normalized spacial score (nSPS) is 9.07. The Kier molecular flexibility index (Phi) is 4.35. The van der Waals surface area contributed by atoms with Crippen LogP contribution < -0.4 is 4.74 Å². The van der Waals surface area contributed by atoms with Crippen LogP contribution in [0.3, 0.4) is 0 Å². The lowest BCUT2D eigenvalue weighted by molar-refractivity contribution is 0.414. The number of ether oxygens (including phenoxy) is 1. The van der Waals surface area contributed by atoms with E-state index < -0.39 is 0 Å².